The number of ether oxygens (including phenoxy) is 1. The second kappa shape index (κ2) is 8.09. The number of nitrogens with zero attached hydrogens (tertiary/aromatic N) is 3. The fourth-order valence-electron chi connectivity index (χ4n) is 2.78. The summed E-state index contributed by atoms with van der Waals surface area (Å²) in [5, 5.41) is 6.98. The van der Waals surface area contributed by atoms with Crippen LogP contribution in [0.1, 0.15) is 6.92 Å². The average molecular weight is 346 g/mol. The van der Waals surface area contributed by atoms with Gasteiger partial charge in [0.25, 0.3) is 0 Å². The topological polar surface area (TPSA) is 89.6 Å². The van der Waals surface area contributed by atoms with E-state index < -0.39 is 5.76 Å². The van der Waals surface area contributed by atoms with E-state index in [2.05, 4.69) is 15.3 Å². The number of aromatic nitrogens is 2. The van der Waals surface area contributed by atoms with Gasteiger partial charge in [-0.2, -0.15) is 4.68 Å². The van der Waals surface area contributed by atoms with Crippen LogP contribution < -0.4 is 11.1 Å². The van der Waals surface area contributed by atoms with Crippen LogP contribution in [-0.2, 0) is 16.1 Å². The summed E-state index contributed by atoms with van der Waals surface area (Å²) in [5.41, 5.74) is 0.694. The Morgan fingerprint density at radius 1 is 1.28 bits per heavy atom. The Hall–Kier alpha value is -2.45. The maximum atomic E-state index is 12.2. The Bertz CT molecular complexity index is 750. The molecule has 1 saturated heterocycles. The summed E-state index contributed by atoms with van der Waals surface area (Å²) < 4.78 is 11.5. The zero-order chi connectivity index (χ0) is 17.6. The lowest BCUT2D eigenvalue weighted by molar-refractivity contribution is -0.122. The monoisotopic (exact) mass is 346 g/mol. The zero-order valence-electron chi connectivity index (χ0n) is 14.2. The Morgan fingerprint density at radius 2 is 2.00 bits per heavy atom. The molecule has 0 saturated carbocycles. The minimum absolute atomic E-state index is 0.0261. The minimum atomic E-state index is -0.644. The van der Waals surface area contributed by atoms with Crippen molar-refractivity contribution in [2.75, 3.05) is 32.8 Å². The lowest BCUT2D eigenvalue weighted by Crippen LogP contribution is -2.47. The molecule has 25 heavy (non-hydrogen) atoms. The van der Waals surface area contributed by atoms with Crippen molar-refractivity contribution in [2.24, 2.45) is 0 Å². The van der Waals surface area contributed by atoms with E-state index in [1.54, 1.807) is 12.1 Å². The quantitative estimate of drug-likeness (QED) is 0.811. The Kier molecular flexibility index (Phi) is 5.62. The molecule has 1 aromatic carbocycles. The van der Waals surface area contributed by atoms with Crippen LogP contribution in [0.25, 0.3) is 11.5 Å². The summed E-state index contributed by atoms with van der Waals surface area (Å²) in [7, 11) is 0. The number of nitrogens with one attached hydrogen (secondary N) is 1. The van der Waals surface area contributed by atoms with Gasteiger partial charge in [-0.05, 0) is 19.1 Å². The van der Waals surface area contributed by atoms with Crippen molar-refractivity contribution in [1.29, 1.82) is 0 Å². The zero-order valence-corrected chi connectivity index (χ0v) is 14.2. The van der Waals surface area contributed by atoms with Crippen molar-refractivity contribution >= 4 is 5.91 Å². The highest BCUT2D eigenvalue weighted by molar-refractivity contribution is 5.75. The van der Waals surface area contributed by atoms with Crippen LogP contribution in [0.15, 0.2) is 39.5 Å². The number of amides is 1. The molecule has 134 valence electrons. The van der Waals surface area contributed by atoms with Gasteiger partial charge in [0, 0.05) is 31.2 Å². The molecule has 0 aliphatic carbocycles. The number of hydrogen-bond acceptors (Lipinski definition) is 6. The van der Waals surface area contributed by atoms with Crippen molar-refractivity contribution in [2.45, 2.75) is 19.5 Å². The largest absolute Gasteiger partial charge is 0.437 e. The third-order valence-electron chi connectivity index (χ3n) is 3.96. The van der Waals surface area contributed by atoms with Crippen molar-refractivity contribution < 1.29 is 13.9 Å². The molecule has 0 bridgehead atoms. The molecule has 1 atom stereocenters. The van der Waals surface area contributed by atoms with Gasteiger partial charge in [0.15, 0.2) is 0 Å². The first-order valence-corrected chi connectivity index (χ1v) is 8.34. The van der Waals surface area contributed by atoms with E-state index in [9.17, 15) is 9.59 Å². The van der Waals surface area contributed by atoms with Gasteiger partial charge in [-0.25, -0.2) is 4.79 Å². The molecule has 0 radical (unpaired) electrons. The summed E-state index contributed by atoms with van der Waals surface area (Å²) in [5.74, 6) is -0.703. The van der Waals surface area contributed by atoms with Gasteiger partial charge < -0.3 is 14.5 Å². The molecule has 1 aromatic heterocycles. The molecule has 8 nitrogen and oxygen atoms in total. The van der Waals surface area contributed by atoms with Crippen LogP contribution >= 0.6 is 0 Å². The third kappa shape index (κ3) is 4.77. The summed E-state index contributed by atoms with van der Waals surface area (Å²) in [6.07, 6.45) is 0. The lowest BCUT2D eigenvalue weighted by atomic mass is 10.2. The van der Waals surface area contributed by atoms with Crippen molar-refractivity contribution in [3.05, 3.63) is 40.9 Å². The molecule has 3 rings (SSSR count). The van der Waals surface area contributed by atoms with Gasteiger partial charge in [0.2, 0.25) is 11.8 Å². The van der Waals surface area contributed by atoms with Crippen LogP contribution in [0.4, 0.5) is 0 Å². The molecule has 0 spiro atoms. The summed E-state index contributed by atoms with van der Waals surface area (Å²) >= 11 is 0. The van der Waals surface area contributed by atoms with Gasteiger partial charge in [-0.15, -0.1) is 5.10 Å². The highest BCUT2D eigenvalue weighted by Crippen LogP contribution is 2.13. The normalized spacial score (nSPS) is 16.5. The fraction of sp³-hybridized carbons (Fsp3) is 0.471. The molecular formula is C17H22N4O4. The van der Waals surface area contributed by atoms with Gasteiger partial charge in [-0.3, -0.25) is 9.69 Å². The summed E-state index contributed by atoms with van der Waals surface area (Å²) in [6.45, 7) is 5.69. The molecule has 2 aromatic rings. The standard InChI is InChI=1S/C17H22N4O4/c1-13(11-20-7-9-24-10-8-20)18-15(22)12-21-17(23)25-16(19-21)14-5-3-2-4-6-14/h2-6,13H,7-12H2,1H3,(H,18,22)/t13-/m0/s1. The number of carbonyl (C=O) groups is 1. The van der Waals surface area contributed by atoms with E-state index in [1.807, 2.05) is 25.1 Å². The molecular weight excluding hydrogens is 324 g/mol. The lowest BCUT2D eigenvalue weighted by Gasteiger charge is -2.29. The maximum absolute atomic E-state index is 12.2. The van der Waals surface area contributed by atoms with E-state index in [0.29, 0.717) is 5.56 Å². The molecule has 1 aliphatic heterocycles. The van der Waals surface area contributed by atoms with Crippen LogP contribution in [-0.4, -0.2) is 59.5 Å². The van der Waals surface area contributed by atoms with Crippen molar-refractivity contribution in [3.8, 4) is 11.5 Å². The molecule has 1 fully saturated rings. The number of benzene rings is 1. The summed E-state index contributed by atoms with van der Waals surface area (Å²) in [6, 6.07) is 9.08. The van der Waals surface area contributed by atoms with Gasteiger partial charge in [0.1, 0.15) is 6.54 Å². The Balaban J connectivity index is 1.56. The molecule has 8 heteroatoms. The first kappa shape index (κ1) is 17.4. The second-order valence-electron chi connectivity index (χ2n) is 6.08. The van der Waals surface area contributed by atoms with E-state index >= 15 is 0 Å². The molecule has 2 heterocycles. The van der Waals surface area contributed by atoms with Crippen LogP contribution in [0.3, 0.4) is 0 Å². The predicted molar refractivity (Wildman–Crippen MR) is 91.1 cm³/mol. The highest BCUT2D eigenvalue weighted by atomic mass is 16.5. The SMILES string of the molecule is C[C@@H](CN1CCOCC1)NC(=O)Cn1nc(-c2ccccc2)oc1=O. The second-order valence-corrected chi connectivity index (χ2v) is 6.08. The molecule has 1 amide bonds. The minimum Gasteiger partial charge on any atom is -0.388 e. The van der Waals surface area contributed by atoms with E-state index in [4.69, 9.17) is 9.15 Å². The number of hydrogen-bond donors (Lipinski definition) is 1. The van der Waals surface area contributed by atoms with E-state index in [0.717, 1.165) is 37.5 Å². The number of morpholine rings is 1. The number of rotatable bonds is 6. The van der Waals surface area contributed by atoms with E-state index in [1.165, 1.54) is 0 Å². The van der Waals surface area contributed by atoms with Crippen molar-refractivity contribution in [1.82, 2.24) is 20.0 Å². The first-order valence-electron chi connectivity index (χ1n) is 8.34. The third-order valence-corrected chi connectivity index (χ3v) is 3.96. The smallest absolute Gasteiger partial charge is 0.388 e. The fourth-order valence-corrected chi connectivity index (χ4v) is 2.78. The molecule has 1 aliphatic rings. The van der Waals surface area contributed by atoms with Gasteiger partial charge in [-0.1, -0.05) is 18.2 Å². The van der Waals surface area contributed by atoms with Gasteiger partial charge in [0.05, 0.1) is 13.2 Å². The highest BCUT2D eigenvalue weighted by Gasteiger charge is 2.17. The van der Waals surface area contributed by atoms with Crippen LogP contribution in [0.2, 0.25) is 0 Å². The Labute approximate surface area is 145 Å². The summed E-state index contributed by atoms with van der Waals surface area (Å²) in [4.78, 5) is 26.3. The van der Waals surface area contributed by atoms with Gasteiger partial charge >= 0.3 is 5.76 Å². The molecule has 0 unspecified atom stereocenters. The number of carbonyl (C=O) groups excluding carboxylic acids is 1. The average Bonchev–Trinajstić information content (AvgIpc) is 2.97. The maximum Gasteiger partial charge on any atom is 0.437 e. The Morgan fingerprint density at radius 3 is 2.72 bits per heavy atom. The van der Waals surface area contributed by atoms with Crippen molar-refractivity contribution in [3.63, 3.8) is 0 Å². The first-order chi connectivity index (χ1) is 12.1. The predicted octanol–water partition coefficient (Wildman–Crippen LogP) is 0.340. The van der Waals surface area contributed by atoms with Crippen LogP contribution in [0, 0.1) is 0 Å². The molecule has 1 N–H and O–H groups in total. The van der Waals surface area contributed by atoms with Crippen LogP contribution in [0.5, 0.6) is 0 Å². The van der Waals surface area contributed by atoms with E-state index in [-0.39, 0.29) is 24.4 Å².